The number of amides is 4. The maximum absolute atomic E-state index is 13.2. The van der Waals surface area contributed by atoms with Crippen LogP contribution < -0.4 is 0 Å². The summed E-state index contributed by atoms with van der Waals surface area (Å²) in [6, 6.07) is 7.66. The van der Waals surface area contributed by atoms with E-state index in [0.29, 0.717) is 10.7 Å². The van der Waals surface area contributed by atoms with Crippen molar-refractivity contribution in [3.05, 3.63) is 35.9 Å². The van der Waals surface area contributed by atoms with Crippen molar-refractivity contribution in [2.24, 2.45) is 0 Å². The maximum atomic E-state index is 13.2. The van der Waals surface area contributed by atoms with Crippen LogP contribution in [0.25, 0.3) is 0 Å². The molecule has 4 amide bonds. The zero-order chi connectivity index (χ0) is 32.3. The molecular formula is C30H46N2O9S. The van der Waals surface area contributed by atoms with Crippen LogP contribution in [0.5, 0.6) is 0 Å². The van der Waals surface area contributed by atoms with Crippen molar-refractivity contribution in [1.82, 2.24) is 9.80 Å². The van der Waals surface area contributed by atoms with Gasteiger partial charge in [-0.05, 0) is 86.5 Å². The van der Waals surface area contributed by atoms with Gasteiger partial charge in [-0.2, -0.15) is 0 Å². The zero-order valence-electron chi connectivity index (χ0n) is 26.5. The number of nitrogens with zero attached hydrogens (tertiary/aromatic N) is 2. The molecule has 0 saturated heterocycles. The molecule has 0 aliphatic rings. The Morgan fingerprint density at radius 1 is 0.738 bits per heavy atom. The van der Waals surface area contributed by atoms with Gasteiger partial charge in [-0.15, -0.1) is 0 Å². The topological polar surface area (TPSA) is 129 Å². The fraction of sp³-hybridized carbons (Fsp3) is 0.633. The van der Waals surface area contributed by atoms with Crippen molar-refractivity contribution in [1.29, 1.82) is 0 Å². The van der Waals surface area contributed by atoms with Crippen molar-refractivity contribution >= 4 is 41.3 Å². The first-order valence-electron chi connectivity index (χ1n) is 13.9. The number of rotatable bonds is 9. The van der Waals surface area contributed by atoms with Crippen molar-refractivity contribution in [3.63, 3.8) is 0 Å². The number of hydrogen-bond acceptors (Lipinski definition) is 10. The van der Waals surface area contributed by atoms with Gasteiger partial charge in [0, 0.05) is 6.54 Å². The van der Waals surface area contributed by atoms with Gasteiger partial charge in [0.25, 0.3) is 0 Å². The average molecular weight is 611 g/mol. The lowest BCUT2D eigenvalue weighted by atomic mass is 10.1. The Bertz CT molecular complexity index is 1040. The minimum absolute atomic E-state index is 0.0302. The molecule has 0 aliphatic carbocycles. The van der Waals surface area contributed by atoms with Crippen molar-refractivity contribution in [2.75, 3.05) is 12.3 Å². The van der Waals surface area contributed by atoms with Gasteiger partial charge in [0.2, 0.25) is 5.12 Å². The smallest absolute Gasteiger partial charge is 0.420 e. The molecule has 42 heavy (non-hydrogen) atoms. The first-order chi connectivity index (χ1) is 19.2. The number of thioether (sulfide) groups is 1. The Labute approximate surface area is 253 Å². The van der Waals surface area contributed by atoms with Gasteiger partial charge in [0.05, 0.1) is 0 Å². The Hall–Kier alpha value is -3.28. The van der Waals surface area contributed by atoms with E-state index in [9.17, 15) is 24.0 Å². The lowest BCUT2D eigenvalue weighted by Crippen LogP contribution is -2.51. The molecule has 1 atom stereocenters. The molecule has 0 heterocycles. The van der Waals surface area contributed by atoms with E-state index in [2.05, 4.69) is 0 Å². The zero-order valence-corrected chi connectivity index (χ0v) is 27.3. The molecular weight excluding hydrogens is 564 g/mol. The van der Waals surface area contributed by atoms with Crippen LogP contribution in [-0.2, 0) is 30.3 Å². The Balaban J connectivity index is 3.26. The summed E-state index contributed by atoms with van der Waals surface area (Å²) >= 11 is 0.931. The summed E-state index contributed by atoms with van der Waals surface area (Å²) in [6.45, 7) is 16.3. The van der Waals surface area contributed by atoms with E-state index in [0.717, 1.165) is 22.2 Å². The SMILES string of the molecule is CCSC(=O)[C@H](CCCN(C(=O)OCc1ccccc1)C(=O)OC(C)(C)C)N(C(=O)OC(C)(C)C)C(=O)OC(C)(C)C. The van der Waals surface area contributed by atoms with Gasteiger partial charge in [0.15, 0.2) is 0 Å². The molecule has 0 spiro atoms. The van der Waals surface area contributed by atoms with Crippen molar-refractivity contribution < 1.29 is 42.9 Å². The van der Waals surface area contributed by atoms with Gasteiger partial charge in [-0.25, -0.2) is 29.0 Å². The van der Waals surface area contributed by atoms with E-state index in [1.165, 1.54) is 0 Å². The Kier molecular flexibility index (Phi) is 13.8. The number of imide groups is 2. The fourth-order valence-electron chi connectivity index (χ4n) is 3.36. The summed E-state index contributed by atoms with van der Waals surface area (Å²) in [5, 5.41) is -0.468. The molecule has 0 aliphatic heterocycles. The molecule has 11 nitrogen and oxygen atoms in total. The van der Waals surface area contributed by atoms with Crippen LogP contribution in [0.4, 0.5) is 19.2 Å². The lowest BCUT2D eigenvalue weighted by molar-refractivity contribution is -0.116. The summed E-state index contributed by atoms with van der Waals surface area (Å²) in [5.74, 6) is 0.391. The number of carbonyl (C=O) groups excluding carboxylic acids is 5. The second-order valence-corrected chi connectivity index (χ2v) is 13.7. The fourth-order valence-corrected chi connectivity index (χ4v) is 4.06. The van der Waals surface area contributed by atoms with Crippen LogP contribution in [-0.4, -0.2) is 74.4 Å². The monoisotopic (exact) mass is 610 g/mol. The lowest BCUT2D eigenvalue weighted by Gasteiger charge is -2.33. The van der Waals surface area contributed by atoms with Gasteiger partial charge in [-0.1, -0.05) is 49.0 Å². The number of benzene rings is 1. The third kappa shape index (κ3) is 14.1. The third-order valence-corrected chi connectivity index (χ3v) is 5.79. The Morgan fingerprint density at radius 2 is 1.21 bits per heavy atom. The molecule has 0 aromatic heterocycles. The summed E-state index contributed by atoms with van der Waals surface area (Å²) in [4.78, 5) is 67.1. The number of ether oxygens (including phenoxy) is 4. The van der Waals surface area contributed by atoms with E-state index < -0.39 is 52.3 Å². The molecule has 0 unspecified atom stereocenters. The quantitative estimate of drug-likeness (QED) is 0.266. The van der Waals surface area contributed by atoms with E-state index in [1.807, 2.05) is 6.07 Å². The highest BCUT2D eigenvalue weighted by atomic mass is 32.2. The standard InChI is InChI=1S/C30H46N2O9S/c1-11-42-23(33)22(32(26(36)40-29(5,6)7)27(37)41-30(8,9)10)18-15-19-31(25(35)39-28(2,3)4)24(34)38-20-21-16-13-12-14-17-21/h12-14,16-17,22H,11,15,18-20H2,1-10H3/t22-/m0/s1. The van der Waals surface area contributed by atoms with Crippen LogP contribution in [0, 0.1) is 0 Å². The predicted octanol–water partition coefficient (Wildman–Crippen LogP) is 7.16. The van der Waals surface area contributed by atoms with Gasteiger partial charge >= 0.3 is 24.4 Å². The minimum atomic E-state index is -1.29. The number of carbonyl (C=O) groups is 5. The molecule has 0 N–H and O–H groups in total. The summed E-state index contributed by atoms with van der Waals surface area (Å²) in [6.07, 6.45) is -4.01. The largest absolute Gasteiger partial charge is 0.444 e. The molecule has 1 aromatic carbocycles. The van der Waals surface area contributed by atoms with E-state index in [-0.39, 0.29) is 26.0 Å². The second-order valence-electron chi connectivity index (χ2n) is 12.4. The maximum Gasteiger partial charge on any atom is 0.420 e. The highest BCUT2D eigenvalue weighted by Gasteiger charge is 2.40. The van der Waals surface area contributed by atoms with Gasteiger partial charge < -0.3 is 18.9 Å². The minimum Gasteiger partial charge on any atom is -0.444 e. The predicted molar refractivity (Wildman–Crippen MR) is 160 cm³/mol. The summed E-state index contributed by atoms with van der Waals surface area (Å²) in [7, 11) is 0. The molecule has 12 heteroatoms. The van der Waals surface area contributed by atoms with Crippen molar-refractivity contribution in [2.45, 2.75) is 112 Å². The van der Waals surface area contributed by atoms with E-state index in [4.69, 9.17) is 18.9 Å². The Morgan fingerprint density at radius 3 is 1.67 bits per heavy atom. The second kappa shape index (κ2) is 15.8. The molecule has 0 fully saturated rings. The average Bonchev–Trinajstić information content (AvgIpc) is 2.81. The summed E-state index contributed by atoms with van der Waals surface area (Å²) < 4.78 is 21.7. The van der Waals surface area contributed by atoms with Crippen molar-refractivity contribution in [3.8, 4) is 0 Å². The molecule has 0 radical (unpaired) electrons. The van der Waals surface area contributed by atoms with E-state index in [1.54, 1.807) is 93.5 Å². The molecule has 236 valence electrons. The van der Waals surface area contributed by atoms with Crippen LogP contribution >= 0.6 is 11.8 Å². The molecule has 1 aromatic rings. The third-order valence-electron chi connectivity index (χ3n) is 4.95. The first-order valence-corrected chi connectivity index (χ1v) is 14.9. The normalized spacial score (nSPS) is 12.5. The van der Waals surface area contributed by atoms with Gasteiger partial charge in [0.1, 0.15) is 29.5 Å². The highest BCUT2D eigenvalue weighted by Crippen LogP contribution is 2.23. The van der Waals surface area contributed by atoms with Crippen LogP contribution in [0.3, 0.4) is 0 Å². The van der Waals surface area contributed by atoms with Crippen LogP contribution in [0.2, 0.25) is 0 Å². The number of hydrogen-bond donors (Lipinski definition) is 0. The van der Waals surface area contributed by atoms with E-state index >= 15 is 0 Å². The molecule has 1 rings (SSSR count). The molecule has 0 bridgehead atoms. The first kappa shape index (κ1) is 36.7. The van der Waals surface area contributed by atoms with Gasteiger partial charge in [-0.3, -0.25) is 4.79 Å². The summed E-state index contributed by atoms with van der Waals surface area (Å²) in [5.41, 5.74) is -2.09. The van der Waals surface area contributed by atoms with Crippen LogP contribution in [0.1, 0.15) is 87.6 Å². The highest BCUT2D eigenvalue weighted by molar-refractivity contribution is 8.13. The molecule has 0 saturated carbocycles. The van der Waals surface area contributed by atoms with Crippen LogP contribution in [0.15, 0.2) is 30.3 Å².